The van der Waals surface area contributed by atoms with Gasteiger partial charge in [-0.25, -0.2) is 0 Å². The fraction of sp³-hybridized carbons (Fsp3) is 0.455. The van der Waals surface area contributed by atoms with E-state index in [4.69, 9.17) is 18.0 Å². The minimum absolute atomic E-state index is 0.220. The number of pyridine rings is 1. The predicted octanol–water partition coefficient (Wildman–Crippen LogP) is 1.75. The van der Waals surface area contributed by atoms with Crippen LogP contribution in [-0.2, 0) is 0 Å². The minimum Gasteiger partial charge on any atom is -0.393 e. The van der Waals surface area contributed by atoms with Crippen LogP contribution in [0.5, 0.6) is 0 Å². The SMILES string of the molecule is Cc1cnccc1N(C)CC(C)C(N)=S. The third-order valence-electron chi connectivity index (χ3n) is 2.44. The highest BCUT2D eigenvalue weighted by Gasteiger charge is 2.10. The molecule has 0 radical (unpaired) electrons. The van der Waals surface area contributed by atoms with Gasteiger partial charge in [-0.2, -0.15) is 0 Å². The Morgan fingerprint density at radius 1 is 1.67 bits per heavy atom. The zero-order chi connectivity index (χ0) is 11.4. The molecule has 0 bridgehead atoms. The molecule has 1 aromatic heterocycles. The Balaban J connectivity index is 2.73. The summed E-state index contributed by atoms with van der Waals surface area (Å²) in [5.41, 5.74) is 7.93. The van der Waals surface area contributed by atoms with E-state index in [0.29, 0.717) is 4.99 Å². The number of thiocarbonyl (C=S) groups is 1. The Kier molecular flexibility index (Phi) is 4.03. The Hall–Kier alpha value is -1.16. The van der Waals surface area contributed by atoms with Gasteiger partial charge in [0.2, 0.25) is 0 Å². The lowest BCUT2D eigenvalue weighted by molar-refractivity contribution is 0.740. The molecule has 4 heteroatoms. The number of aromatic nitrogens is 1. The van der Waals surface area contributed by atoms with Crippen LogP contribution in [0.3, 0.4) is 0 Å². The number of anilines is 1. The van der Waals surface area contributed by atoms with Crippen molar-refractivity contribution in [3.05, 3.63) is 24.0 Å². The standard InChI is InChI=1S/C11H17N3S/c1-8-6-13-5-4-10(8)14(3)7-9(2)11(12)15/h4-6,9H,7H2,1-3H3,(H2,12,15). The minimum atomic E-state index is 0.220. The molecule has 82 valence electrons. The van der Waals surface area contributed by atoms with Gasteiger partial charge in [0, 0.05) is 37.6 Å². The molecule has 0 aliphatic rings. The number of nitrogens with two attached hydrogens (primary N) is 1. The first-order valence-electron chi connectivity index (χ1n) is 4.93. The van der Waals surface area contributed by atoms with E-state index >= 15 is 0 Å². The van der Waals surface area contributed by atoms with Gasteiger partial charge in [-0.3, -0.25) is 4.98 Å². The molecular weight excluding hydrogens is 206 g/mol. The first-order chi connectivity index (χ1) is 7.02. The van der Waals surface area contributed by atoms with Crippen molar-refractivity contribution in [2.45, 2.75) is 13.8 Å². The van der Waals surface area contributed by atoms with Crippen LogP contribution < -0.4 is 10.6 Å². The fourth-order valence-electron chi connectivity index (χ4n) is 1.49. The maximum atomic E-state index is 5.59. The highest BCUT2D eigenvalue weighted by Crippen LogP contribution is 2.17. The smallest absolute Gasteiger partial charge is 0.0773 e. The second kappa shape index (κ2) is 5.07. The van der Waals surface area contributed by atoms with E-state index in [0.717, 1.165) is 12.1 Å². The second-order valence-electron chi connectivity index (χ2n) is 3.85. The molecular formula is C11H17N3S. The highest BCUT2D eigenvalue weighted by atomic mass is 32.1. The van der Waals surface area contributed by atoms with E-state index in [9.17, 15) is 0 Å². The molecule has 0 amide bonds. The molecule has 1 aromatic rings. The van der Waals surface area contributed by atoms with Crippen molar-refractivity contribution >= 4 is 22.9 Å². The quantitative estimate of drug-likeness (QED) is 0.790. The van der Waals surface area contributed by atoms with Crippen LogP contribution in [0, 0.1) is 12.8 Å². The van der Waals surface area contributed by atoms with Crippen molar-refractivity contribution in [2.75, 3.05) is 18.5 Å². The van der Waals surface area contributed by atoms with Gasteiger partial charge in [-0.15, -0.1) is 0 Å². The van der Waals surface area contributed by atoms with Gasteiger partial charge < -0.3 is 10.6 Å². The third-order valence-corrected chi connectivity index (χ3v) is 2.84. The Morgan fingerprint density at radius 2 is 2.33 bits per heavy atom. The number of rotatable bonds is 4. The Bertz CT molecular complexity index is 351. The second-order valence-corrected chi connectivity index (χ2v) is 4.32. The van der Waals surface area contributed by atoms with Crippen LogP contribution in [0.1, 0.15) is 12.5 Å². The van der Waals surface area contributed by atoms with Crippen molar-refractivity contribution < 1.29 is 0 Å². The fourth-order valence-corrected chi connectivity index (χ4v) is 1.57. The molecule has 1 unspecified atom stereocenters. The molecule has 0 fully saturated rings. The summed E-state index contributed by atoms with van der Waals surface area (Å²) >= 11 is 4.96. The molecule has 0 saturated heterocycles. The average molecular weight is 223 g/mol. The summed E-state index contributed by atoms with van der Waals surface area (Å²) in [6, 6.07) is 2.00. The highest BCUT2D eigenvalue weighted by molar-refractivity contribution is 7.80. The lowest BCUT2D eigenvalue weighted by atomic mass is 10.1. The molecule has 0 aromatic carbocycles. The van der Waals surface area contributed by atoms with E-state index in [1.165, 1.54) is 5.69 Å². The summed E-state index contributed by atoms with van der Waals surface area (Å²) in [6.07, 6.45) is 3.65. The summed E-state index contributed by atoms with van der Waals surface area (Å²) in [7, 11) is 2.04. The van der Waals surface area contributed by atoms with Gasteiger partial charge in [0.05, 0.1) is 4.99 Å². The van der Waals surface area contributed by atoms with E-state index in [1.807, 2.05) is 33.2 Å². The first-order valence-corrected chi connectivity index (χ1v) is 5.34. The lowest BCUT2D eigenvalue weighted by Gasteiger charge is -2.24. The number of hydrogen-bond donors (Lipinski definition) is 1. The van der Waals surface area contributed by atoms with Gasteiger partial charge in [0.1, 0.15) is 0 Å². The summed E-state index contributed by atoms with van der Waals surface area (Å²) in [4.78, 5) is 6.78. The van der Waals surface area contributed by atoms with Crippen molar-refractivity contribution in [1.29, 1.82) is 0 Å². The topological polar surface area (TPSA) is 42.2 Å². The van der Waals surface area contributed by atoms with Crippen molar-refractivity contribution in [3.8, 4) is 0 Å². The average Bonchev–Trinajstić information content (AvgIpc) is 2.18. The number of nitrogens with zero attached hydrogens (tertiary/aromatic N) is 2. The number of aryl methyl sites for hydroxylation is 1. The Labute approximate surface area is 96.3 Å². The molecule has 0 aliphatic heterocycles. The normalized spacial score (nSPS) is 12.2. The van der Waals surface area contributed by atoms with Gasteiger partial charge in [-0.05, 0) is 18.6 Å². The Morgan fingerprint density at radius 3 is 2.87 bits per heavy atom. The van der Waals surface area contributed by atoms with Crippen LogP contribution >= 0.6 is 12.2 Å². The first kappa shape index (κ1) is 11.9. The predicted molar refractivity (Wildman–Crippen MR) is 68.2 cm³/mol. The maximum Gasteiger partial charge on any atom is 0.0773 e. The largest absolute Gasteiger partial charge is 0.393 e. The number of hydrogen-bond acceptors (Lipinski definition) is 3. The molecule has 15 heavy (non-hydrogen) atoms. The zero-order valence-corrected chi connectivity index (χ0v) is 10.2. The summed E-state index contributed by atoms with van der Waals surface area (Å²) < 4.78 is 0. The van der Waals surface area contributed by atoms with E-state index in [2.05, 4.69) is 9.88 Å². The molecule has 1 heterocycles. The van der Waals surface area contributed by atoms with Crippen LogP contribution in [0.2, 0.25) is 0 Å². The summed E-state index contributed by atoms with van der Waals surface area (Å²) in [5, 5.41) is 0. The van der Waals surface area contributed by atoms with Gasteiger partial charge in [0.25, 0.3) is 0 Å². The maximum absolute atomic E-state index is 5.59. The molecule has 3 nitrogen and oxygen atoms in total. The summed E-state index contributed by atoms with van der Waals surface area (Å²) in [5.74, 6) is 0.220. The van der Waals surface area contributed by atoms with Crippen LogP contribution in [-0.4, -0.2) is 23.6 Å². The molecule has 1 atom stereocenters. The molecule has 2 N–H and O–H groups in total. The van der Waals surface area contributed by atoms with Crippen molar-refractivity contribution in [2.24, 2.45) is 11.7 Å². The lowest BCUT2D eigenvalue weighted by Crippen LogP contribution is -2.31. The van der Waals surface area contributed by atoms with E-state index in [-0.39, 0.29) is 5.92 Å². The van der Waals surface area contributed by atoms with Crippen LogP contribution in [0.15, 0.2) is 18.5 Å². The molecule has 0 spiro atoms. The van der Waals surface area contributed by atoms with Crippen molar-refractivity contribution in [3.63, 3.8) is 0 Å². The van der Waals surface area contributed by atoms with Crippen LogP contribution in [0.4, 0.5) is 5.69 Å². The third kappa shape index (κ3) is 3.16. The zero-order valence-electron chi connectivity index (χ0n) is 9.40. The van der Waals surface area contributed by atoms with Gasteiger partial charge in [0.15, 0.2) is 0 Å². The van der Waals surface area contributed by atoms with Crippen molar-refractivity contribution in [1.82, 2.24) is 4.98 Å². The van der Waals surface area contributed by atoms with Gasteiger partial charge >= 0.3 is 0 Å². The van der Waals surface area contributed by atoms with E-state index in [1.54, 1.807) is 6.20 Å². The summed E-state index contributed by atoms with van der Waals surface area (Å²) in [6.45, 7) is 4.92. The van der Waals surface area contributed by atoms with Gasteiger partial charge in [-0.1, -0.05) is 19.1 Å². The van der Waals surface area contributed by atoms with E-state index < -0.39 is 0 Å². The monoisotopic (exact) mass is 223 g/mol. The van der Waals surface area contributed by atoms with Crippen LogP contribution in [0.25, 0.3) is 0 Å². The molecule has 0 aliphatic carbocycles. The molecule has 0 saturated carbocycles. The molecule has 1 rings (SSSR count).